The van der Waals surface area contributed by atoms with Gasteiger partial charge in [-0.3, -0.25) is 34.1 Å². The number of hydrogen-bond donors (Lipinski definition) is 7. The Kier molecular flexibility index (Phi) is 21.0. The number of imide groups is 1. The molecule has 29 heteroatoms. The van der Waals surface area contributed by atoms with E-state index in [2.05, 4.69) is 29.5 Å². The van der Waals surface area contributed by atoms with Crippen LogP contribution < -0.4 is 15.4 Å². The number of aromatic nitrogens is 4. The van der Waals surface area contributed by atoms with E-state index < -0.39 is 95.4 Å². The maximum absolute atomic E-state index is 14.3. The number of rotatable bonds is 27. The lowest BCUT2D eigenvalue weighted by atomic mass is 9.41. The minimum Gasteiger partial charge on any atom is -0.479 e. The highest BCUT2D eigenvalue weighted by Gasteiger charge is 2.62. The molecule has 6 unspecified atom stereocenters. The summed E-state index contributed by atoms with van der Waals surface area (Å²) in [6.07, 6.45) is 1.68. The summed E-state index contributed by atoms with van der Waals surface area (Å²) in [6, 6.07) is 22.1. The van der Waals surface area contributed by atoms with Gasteiger partial charge in [0.2, 0.25) is 22.2 Å². The minimum absolute atomic E-state index is 0.0388. The third kappa shape index (κ3) is 15.6. The van der Waals surface area contributed by atoms with Gasteiger partial charge in [0.05, 0.1) is 34.9 Å². The number of ether oxygens (including phenoxy) is 4. The zero-order chi connectivity index (χ0) is 71.9. The number of thiazole rings is 1. The Morgan fingerprint density at radius 2 is 1.65 bits per heavy atom. The molecule has 6 aromatic rings. The molecule has 3 aromatic carbocycles. The third-order valence-corrected chi connectivity index (χ3v) is 23.9. The molecule has 3 bridgehead atoms. The fraction of sp³-hybridized carbons (Fsp3) is 0.500. The second kappa shape index (κ2) is 29.4. The Labute approximate surface area is 587 Å². The number of benzene rings is 3. The fourth-order valence-corrected chi connectivity index (χ4v) is 18.2. The molecular formula is C72H85N9O18S2. The molecule has 7 N–H and O–H groups in total. The van der Waals surface area contributed by atoms with Gasteiger partial charge in [-0.05, 0) is 159 Å². The number of carbonyl (C=O) groups is 7. The van der Waals surface area contributed by atoms with E-state index in [0.29, 0.717) is 71.7 Å². The van der Waals surface area contributed by atoms with Gasteiger partial charge < -0.3 is 54.7 Å². The molecule has 3 saturated carbocycles. The molecule has 6 aliphatic rings. The number of nitrogens with zero attached hydrogens (tertiary/aromatic N) is 7. The Morgan fingerprint density at radius 3 is 2.41 bits per heavy atom. The summed E-state index contributed by atoms with van der Waals surface area (Å²) in [5.74, 6) is -5.16. The lowest BCUT2D eigenvalue weighted by Crippen LogP contribution is -2.61. The van der Waals surface area contributed by atoms with Crippen LogP contribution in [-0.4, -0.2) is 199 Å². The second-order valence-corrected chi connectivity index (χ2v) is 32.0. The molecule has 1 saturated heterocycles. The Bertz CT molecular complexity index is 4300. The van der Waals surface area contributed by atoms with Gasteiger partial charge in [-0.2, -0.15) is 5.10 Å². The van der Waals surface area contributed by atoms with Crippen LogP contribution in [0.15, 0.2) is 91.1 Å². The van der Waals surface area contributed by atoms with Crippen molar-refractivity contribution in [2.24, 2.45) is 22.2 Å². The zero-order valence-electron chi connectivity index (χ0n) is 56.9. The van der Waals surface area contributed by atoms with Crippen molar-refractivity contribution in [3.05, 3.63) is 136 Å². The quantitative estimate of drug-likeness (QED) is 0.0210. The predicted molar refractivity (Wildman–Crippen MR) is 368 cm³/mol. The van der Waals surface area contributed by atoms with Crippen molar-refractivity contribution in [1.82, 2.24) is 39.2 Å². The van der Waals surface area contributed by atoms with E-state index in [-0.39, 0.29) is 83.3 Å². The number of sulfonamides is 1. The summed E-state index contributed by atoms with van der Waals surface area (Å²) in [6.45, 7) is 6.31. The Balaban J connectivity index is 0.689. The number of amides is 5. The van der Waals surface area contributed by atoms with Gasteiger partial charge in [0.25, 0.3) is 17.7 Å². The first-order valence-corrected chi connectivity index (χ1v) is 36.5. The number of anilines is 1. The molecule has 27 nitrogen and oxygen atoms in total. The van der Waals surface area contributed by atoms with Gasteiger partial charge in [-0.15, -0.1) is 0 Å². The van der Waals surface area contributed by atoms with Crippen molar-refractivity contribution in [2.45, 2.75) is 154 Å². The van der Waals surface area contributed by atoms with Crippen molar-refractivity contribution in [3.8, 4) is 16.9 Å². The maximum atomic E-state index is 14.3. The molecule has 3 aromatic heterocycles. The summed E-state index contributed by atoms with van der Waals surface area (Å²) >= 11 is 1.41. The number of fused-ring (bicyclic) bond motifs is 4. The zero-order valence-corrected chi connectivity index (χ0v) is 58.5. The number of carbonyl (C=O) groups excluding carboxylic acids is 5. The maximum Gasteiger partial charge on any atom is 0.410 e. The molecule has 11 atom stereocenters. The molecular weight excluding hydrogens is 1340 g/mol. The monoisotopic (exact) mass is 1430 g/mol. The van der Waals surface area contributed by atoms with E-state index in [1.165, 1.54) is 30.3 Å². The van der Waals surface area contributed by atoms with E-state index in [4.69, 9.17) is 29.0 Å². The number of para-hydroxylation sites is 1. The van der Waals surface area contributed by atoms with Crippen LogP contribution in [0, 0.1) is 29.1 Å². The number of aryl methyl sites for hydroxylation is 2. The van der Waals surface area contributed by atoms with Crippen LogP contribution in [0.5, 0.6) is 5.75 Å². The summed E-state index contributed by atoms with van der Waals surface area (Å²) in [7, 11) is -1.03. The van der Waals surface area contributed by atoms with Crippen molar-refractivity contribution in [3.63, 3.8) is 0 Å². The molecule has 4 fully saturated rings. The highest BCUT2D eigenvalue weighted by molar-refractivity contribution is 7.89. The summed E-state index contributed by atoms with van der Waals surface area (Å²) in [5.41, 5.74) is 6.39. The number of pyridine rings is 1. The lowest BCUT2D eigenvalue weighted by Gasteiger charge is -2.66. The van der Waals surface area contributed by atoms with Gasteiger partial charge >= 0.3 is 18.0 Å². The van der Waals surface area contributed by atoms with Crippen LogP contribution in [-0.2, 0) is 75.8 Å². The summed E-state index contributed by atoms with van der Waals surface area (Å²) in [5, 5.41) is 63.7. The number of hydrogen-bond acceptors (Lipinski definition) is 20. The van der Waals surface area contributed by atoms with Crippen LogP contribution in [0.25, 0.3) is 21.3 Å². The number of carboxylic acids is 2. The topological polar surface area (TPSA) is 369 Å². The number of aliphatic hydroxyl groups is 3. The number of aliphatic hydroxyl groups excluding tert-OH is 3. The third-order valence-electron chi connectivity index (χ3n) is 21.2. The molecule has 538 valence electrons. The minimum atomic E-state index is -3.81. The van der Waals surface area contributed by atoms with Gasteiger partial charge in [0, 0.05) is 92.0 Å². The van der Waals surface area contributed by atoms with Gasteiger partial charge in [0.1, 0.15) is 37.2 Å². The SMILES string of the molecule is Cc1c(-c2ccc(C3CCc4cccc(C(=O)Nc5nc6ccccc6s5)c4C3)nc2C(=O)O)cnn1CC12CCC3C(OCCN(CCS(=O)(=O)N(C)C)C(=O)OCc4ccc(CCCCNC(=O)CN5C(=O)C=CC5=O)cc4O[C@@H]4O[C@H](C(=O)O)[C@@H](O)[C@H](O)[C@H]4O)CC(C)(C1)CC3(C)C2. The van der Waals surface area contributed by atoms with Crippen molar-refractivity contribution >= 4 is 78.4 Å². The standard InChI is InChI=1S/C72H85N9O18S2/c1-41-49(46-20-21-51(75-59(46)65(89)90)44-19-18-43-12-10-13-47(48(43)32-44)64(88)77-68-76-52-14-6-7-15-55(52)100-68)34-74-81(41)40-72-25-24-50-54(33-70(2,38-72)37-71(50,3)39-72)96-29-27-79(28-30-101(94,95)78(4)5)69(93)97-36-45-17-16-42(11-8-9-26-73-56(82)35-80-57(83)22-23-58(80)84)31-53(45)98-67-62(87)60(85)61(86)63(99-67)66(91)92/h6-7,10,12-17,20-23,31,34,44,50,54,60-63,67,85-87H,8-9,11,18-19,24-30,32-33,35-40H2,1-5H3,(H,73,82)(H,89,90)(H,91,92)(H,76,77,88)/t44?,50?,54?,60-,61-,62+,63-,67+,70?,71?,72?/m0/s1. The average molecular weight is 1430 g/mol. The van der Waals surface area contributed by atoms with Crippen LogP contribution in [0.3, 0.4) is 0 Å². The molecule has 0 radical (unpaired) electrons. The predicted octanol–water partition coefficient (Wildman–Crippen LogP) is 6.63. The number of nitrogens with one attached hydrogen (secondary N) is 2. The smallest absolute Gasteiger partial charge is 0.410 e. The molecule has 12 rings (SSSR count). The van der Waals surface area contributed by atoms with Crippen molar-refractivity contribution in [2.75, 3.05) is 58.0 Å². The number of aliphatic carboxylic acids is 1. The van der Waals surface area contributed by atoms with E-state index in [9.17, 15) is 67.5 Å². The molecule has 101 heavy (non-hydrogen) atoms. The van der Waals surface area contributed by atoms with Crippen molar-refractivity contribution in [1.29, 1.82) is 0 Å². The number of carboxylic acid groups (broad SMARTS) is 2. The van der Waals surface area contributed by atoms with Gasteiger partial charge in [0.15, 0.2) is 16.9 Å². The molecule has 5 amide bonds. The van der Waals surface area contributed by atoms with Gasteiger partial charge in [-0.1, -0.05) is 61.6 Å². The first kappa shape index (κ1) is 72.2. The van der Waals surface area contributed by atoms with Crippen LogP contribution >= 0.6 is 11.3 Å². The highest BCUT2D eigenvalue weighted by Crippen LogP contribution is 2.69. The van der Waals surface area contributed by atoms with Gasteiger partial charge in [-0.25, -0.2) is 37.1 Å². The first-order chi connectivity index (χ1) is 48.1. The van der Waals surface area contributed by atoms with Crippen LogP contribution in [0.4, 0.5) is 9.93 Å². The normalized spacial score (nSPS) is 26.0. The second-order valence-electron chi connectivity index (χ2n) is 28.7. The highest BCUT2D eigenvalue weighted by atomic mass is 32.2. The van der Waals surface area contributed by atoms with E-state index in [1.54, 1.807) is 24.4 Å². The number of aromatic carboxylic acids is 1. The lowest BCUT2D eigenvalue weighted by molar-refractivity contribution is -0.271. The van der Waals surface area contributed by atoms with Crippen LogP contribution in [0.2, 0.25) is 0 Å². The Morgan fingerprint density at radius 1 is 0.871 bits per heavy atom. The van der Waals surface area contributed by atoms with E-state index >= 15 is 0 Å². The number of unbranched alkanes of at least 4 members (excludes halogenated alkanes) is 1. The van der Waals surface area contributed by atoms with Crippen molar-refractivity contribution < 1.29 is 86.5 Å². The van der Waals surface area contributed by atoms with Crippen LogP contribution in [0.1, 0.15) is 132 Å². The molecule has 4 aliphatic carbocycles. The largest absolute Gasteiger partial charge is 0.479 e. The van der Waals surface area contributed by atoms with E-state index in [1.807, 2.05) is 66.2 Å². The molecule has 2 aliphatic heterocycles. The fourth-order valence-electron chi connectivity index (χ4n) is 16.5. The molecule has 5 heterocycles. The Hall–Kier alpha value is -8.55. The molecule has 0 spiro atoms. The first-order valence-electron chi connectivity index (χ1n) is 34.1. The average Bonchev–Trinajstić information content (AvgIpc) is 1.16. The van der Waals surface area contributed by atoms with E-state index in [0.717, 1.165) is 93.3 Å². The summed E-state index contributed by atoms with van der Waals surface area (Å²) < 4.78 is 54.7. The summed E-state index contributed by atoms with van der Waals surface area (Å²) in [4.78, 5) is 101.